The third-order valence-electron chi connectivity index (χ3n) is 5.36. The number of amides is 1. The van der Waals surface area contributed by atoms with Gasteiger partial charge >= 0.3 is 12.4 Å². The van der Waals surface area contributed by atoms with Crippen molar-refractivity contribution in [3.05, 3.63) is 33.8 Å². The van der Waals surface area contributed by atoms with Crippen molar-refractivity contribution < 1.29 is 31.1 Å². The summed E-state index contributed by atoms with van der Waals surface area (Å²) in [6, 6.07) is -0.0369. The van der Waals surface area contributed by atoms with E-state index in [9.17, 15) is 31.1 Å². The van der Waals surface area contributed by atoms with E-state index < -0.39 is 40.0 Å². The summed E-state index contributed by atoms with van der Waals surface area (Å²) in [7, 11) is 0. The smallest absolute Gasteiger partial charge is 0.348 e. The maximum Gasteiger partial charge on any atom is 0.417 e. The highest BCUT2D eigenvalue weighted by Crippen LogP contribution is 2.40. The van der Waals surface area contributed by atoms with Crippen LogP contribution in [0, 0.1) is 0 Å². The van der Waals surface area contributed by atoms with Crippen molar-refractivity contribution in [2.75, 3.05) is 13.1 Å². The van der Waals surface area contributed by atoms with Gasteiger partial charge in [0.05, 0.1) is 21.7 Å². The van der Waals surface area contributed by atoms with Crippen molar-refractivity contribution in [2.45, 2.75) is 56.5 Å². The van der Waals surface area contributed by atoms with E-state index in [0.717, 1.165) is 38.8 Å². The number of carbonyl (C=O) groups excluding carboxylic acids is 1. The Balaban J connectivity index is 1.90. The van der Waals surface area contributed by atoms with Gasteiger partial charge in [-0.15, -0.1) is 0 Å². The average Bonchev–Trinajstić information content (AvgIpc) is 3.23. The zero-order chi connectivity index (χ0) is 20.7. The highest BCUT2D eigenvalue weighted by atomic mass is 35.5. The molecule has 3 rings (SSSR count). The number of halogens is 7. The van der Waals surface area contributed by atoms with E-state index in [1.54, 1.807) is 0 Å². The predicted octanol–water partition coefficient (Wildman–Crippen LogP) is 5.12. The van der Waals surface area contributed by atoms with E-state index in [0.29, 0.717) is 12.5 Å². The standard InChI is InChI=1S/C18H19ClF6N2O/c19-12-9-10(17(20,21)22)8-11(18(23,24)25)15(12)16(28)26-13-4-3-5-14(13)27-6-1-2-7-27/h8-9,13-14H,1-7H2,(H,26,28). The molecule has 1 aromatic rings. The van der Waals surface area contributed by atoms with Crippen LogP contribution in [-0.4, -0.2) is 36.0 Å². The number of hydrogen-bond donors (Lipinski definition) is 1. The lowest BCUT2D eigenvalue weighted by Crippen LogP contribution is -2.48. The van der Waals surface area contributed by atoms with Crippen LogP contribution >= 0.6 is 11.6 Å². The van der Waals surface area contributed by atoms with Crippen molar-refractivity contribution in [1.29, 1.82) is 0 Å². The molecule has 2 aliphatic rings. The van der Waals surface area contributed by atoms with Gasteiger partial charge in [-0.2, -0.15) is 26.3 Å². The molecule has 2 unspecified atom stereocenters. The molecule has 156 valence electrons. The molecule has 2 fully saturated rings. The van der Waals surface area contributed by atoms with Crippen LogP contribution in [-0.2, 0) is 12.4 Å². The van der Waals surface area contributed by atoms with Crippen LogP contribution in [0.4, 0.5) is 26.3 Å². The van der Waals surface area contributed by atoms with Crippen molar-refractivity contribution >= 4 is 17.5 Å². The second-order valence-corrected chi connectivity index (χ2v) is 7.60. The number of alkyl halides is 6. The van der Waals surface area contributed by atoms with Crippen molar-refractivity contribution in [3.63, 3.8) is 0 Å². The van der Waals surface area contributed by atoms with Crippen molar-refractivity contribution in [2.24, 2.45) is 0 Å². The third kappa shape index (κ3) is 4.40. The number of likely N-dealkylation sites (tertiary alicyclic amines) is 1. The molecule has 1 N–H and O–H groups in total. The fourth-order valence-electron chi connectivity index (χ4n) is 4.08. The number of nitrogens with zero attached hydrogens (tertiary/aromatic N) is 1. The van der Waals surface area contributed by atoms with E-state index in [4.69, 9.17) is 11.6 Å². The SMILES string of the molecule is O=C(NC1CCCC1N1CCCC1)c1c(Cl)cc(C(F)(F)F)cc1C(F)(F)F. The minimum Gasteiger partial charge on any atom is -0.348 e. The fourth-order valence-corrected chi connectivity index (χ4v) is 4.39. The Hall–Kier alpha value is -1.48. The molecule has 1 saturated heterocycles. The van der Waals surface area contributed by atoms with E-state index in [-0.39, 0.29) is 18.2 Å². The van der Waals surface area contributed by atoms with Crippen molar-refractivity contribution in [3.8, 4) is 0 Å². The molecule has 1 aliphatic carbocycles. The number of hydrogen-bond acceptors (Lipinski definition) is 2. The number of rotatable bonds is 3. The van der Waals surface area contributed by atoms with Gasteiger partial charge in [0, 0.05) is 12.1 Å². The summed E-state index contributed by atoms with van der Waals surface area (Å²) >= 11 is 5.72. The van der Waals surface area contributed by atoms with Crippen LogP contribution in [0.2, 0.25) is 5.02 Å². The van der Waals surface area contributed by atoms with Gasteiger partial charge in [0.15, 0.2) is 0 Å². The highest BCUT2D eigenvalue weighted by Gasteiger charge is 2.42. The van der Waals surface area contributed by atoms with Crippen LogP contribution in [0.3, 0.4) is 0 Å². The molecule has 10 heteroatoms. The second-order valence-electron chi connectivity index (χ2n) is 7.20. The Bertz CT molecular complexity index is 743. The van der Waals surface area contributed by atoms with Gasteiger partial charge < -0.3 is 5.32 Å². The quantitative estimate of drug-likeness (QED) is 0.677. The molecule has 1 saturated carbocycles. The Morgan fingerprint density at radius 3 is 2.21 bits per heavy atom. The normalized spacial score (nSPS) is 24.0. The molecular formula is C18H19ClF6N2O. The van der Waals surface area contributed by atoms with E-state index in [1.807, 2.05) is 0 Å². The monoisotopic (exact) mass is 428 g/mol. The molecule has 1 heterocycles. The average molecular weight is 429 g/mol. The first kappa shape index (κ1) is 21.2. The summed E-state index contributed by atoms with van der Waals surface area (Å²) in [6.07, 6.45) is -5.86. The first-order valence-corrected chi connectivity index (χ1v) is 9.39. The first-order chi connectivity index (χ1) is 13.0. The number of carbonyl (C=O) groups is 1. The van der Waals surface area contributed by atoms with Gasteiger partial charge in [-0.05, 0) is 57.3 Å². The minimum atomic E-state index is -5.15. The van der Waals surface area contributed by atoms with Gasteiger partial charge in [-0.3, -0.25) is 9.69 Å². The maximum absolute atomic E-state index is 13.4. The Morgan fingerprint density at radius 1 is 1.00 bits per heavy atom. The van der Waals surface area contributed by atoms with Gasteiger partial charge in [0.25, 0.3) is 5.91 Å². The van der Waals surface area contributed by atoms with E-state index in [1.165, 1.54) is 0 Å². The lowest BCUT2D eigenvalue weighted by atomic mass is 10.0. The molecule has 0 bridgehead atoms. The molecule has 28 heavy (non-hydrogen) atoms. The van der Waals surface area contributed by atoms with Gasteiger partial charge in [-0.25, -0.2) is 0 Å². The molecule has 1 amide bonds. The predicted molar refractivity (Wildman–Crippen MR) is 91.2 cm³/mol. The molecule has 1 aliphatic heterocycles. The molecule has 0 radical (unpaired) electrons. The lowest BCUT2D eigenvalue weighted by Gasteiger charge is -2.30. The number of benzene rings is 1. The summed E-state index contributed by atoms with van der Waals surface area (Å²) < 4.78 is 78.8. The Kier molecular flexibility index (Phi) is 5.87. The van der Waals surface area contributed by atoms with Crippen LogP contribution in [0.15, 0.2) is 12.1 Å². The largest absolute Gasteiger partial charge is 0.417 e. The van der Waals surface area contributed by atoms with Gasteiger partial charge in [-0.1, -0.05) is 11.6 Å². The summed E-state index contributed by atoms with van der Waals surface area (Å²) in [6.45, 7) is 1.73. The van der Waals surface area contributed by atoms with E-state index in [2.05, 4.69) is 10.2 Å². The van der Waals surface area contributed by atoms with Gasteiger partial charge in [0.2, 0.25) is 0 Å². The summed E-state index contributed by atoms with van der Waals surface area (Å²) in [5.74, 6) is -1.10. The first-order valence-electron chi connectivity index (χ1n) is 9.01. The zero-order valence-electron chi connectivity index (χ0n) is 14.8. The molecule has 2 atom stereocenters. The van der Waals surface area contributed by atoms with Crippen LogP contribution < -0.4 is 5.32 Å². The van der Waals surface area contributed by atoms with Crippen LogP contribution in [0.25, 0.3) is 0 Å². The summed E-state index contributed by atoms with van der Waals surface area (Å²) in [5, 5.41) is 1.72. The molecule has 3 nitrogen and oxygen atoms in total. The Labute approximate surface area is 163 Å². The summed E-state index contributed by atoms with van der Waals surface area (Å²) in [5.41, 5.74) is -4.19. The van der Waals surface area contributed by atoms with Crippen LogP contribution in [0.1, 0.15) is 53.6 Å². The second kappa shape index (κ2) is 7.74. The molecule has 0 spiro atoms. The van der Waals surface area contributed by atoms with Crippen molar-refractivity contribution in [1.82, 2.24) is 10.2 Å². The maximum atomic E-state index is 13.4. The summed E-state index contributed by atoms with van der Waals surface area (Å²) in [4.78, 5) is 14.8. The zero-order valence-corrected chi connectivity index (χ0v) is 15.5. The van der Waals surface area contributed by atoms with E-state index >= 15 is 0 Å². The third-order valence-corrected chi connectivity index (χ3v) is 5.65. The lowest BCUT2D eigenvalue weighted by molar-refractivity contribution is -0.143. The molecule has 0 aromatic heterocycles. The van der Waals surface area contributed by atoms with Crippen LogP contribution in [0.5, 0.6) is 0 Å². The Morgan fingerprint density at radius 2 is 1.64 bits per heavy atom. The molecular weight excluding hydrogens is 410 g/mol. The molecule has 1 aromatic carbocycles. The topological polar surface area (TPSA) is 32.3 Å². The minimum absolute atomic E-state index is 0.0222. The highest BCUT2D eigenvalue weighted by molar-refractivity contribution is 6.34. The fraction of sp³-hybridized carbons (Fsp3) is 0.611. The number of nitrogens with one attached hydrogen (secondary N) is 1. The van der Waals surface area contributed by atoms with Gasteiger partial charge in [0.1, 0.15) is 0 Å².